The van der Waals surface area contributed by atoms with Gasteiger partial charge < -0.3 is 11.1 Å². The largest absolute Gasteiger partial charge is 0.397 e. The number of nitrogen functional groups attached to an aromatic ring is 1. The van der Waals surface area contributed by atoms with E-state index in [1.165, 1.54) is 12.1 Å². The molecule has 1 amide bonds. The molecular weight excluding hydrogens is 459 g/mol. The van der Waals surface area contributed by atoms with Crippen molar-refractivity contribution < 1.29 is 9.18 Å². The minimum Gasteiger partial charge on any atom is -0.397 e. The Morgan fingerprint density at radius 2 is 1.80 bits per heavy atom. The van der Waals surface area contributed by atoms with Crippen LogP contribution >= 0.6 is 47.8 Å². The van der Waals surface area contributed by atoms with Gasteiger partial charge in [0.1, 0.15) is 5.82 Å². The highest BCUT2D eigenvalue weighted by Gasteiger charge is 2.15. The van der Waals surface area contributed by atoms with Crippen molar-refractivity contribution in [3.63, 3.8) is 0 Å². The molecule has 0 bridgehead atoms. The first-order valence-electron chi connectivity index (χ1n) is 5.39. The second kappa shape index (κ2) is 6.24. The molecule has 7 heteroatoms. The third kappa shape index (κ3) is 3.39. The van der Waals surface area contributed by atoms with Crippen LogP contribution < -0.4 is 11.1 Å². The topological polar surface area (TPSA) is 55.1 Å². The van der Waals surface area contributed by atoms with E-state index in [1.54, 1.807) is 18.2 Å². The zero-order chi connectivity index (χ0) is 14.9. The molecule has 3 N–H and O–H groups in total. The molecule has 104 valence electrons. The standard InChI is InChI=1S/C13H8Br3FN2O/c14-6-1-2-8(10(17)4-6)13(20)19-12-9(16)3-7(15)5-11(12)18/h1-5H,18H2,(H,19,20). The van der Waals surface area contributed by atoms with Gasteiger partial charge in [0.2, 0.25) is 0 Å². The second-order valence-electron chi connectivity index (χ2n) is 3.93. The molecule has 2 aromatic rings. The van der Waals surface area contributed by atoms with E-state index in [0.29, 0.717) is 20.3 Å². The summed E-state index contributed by atoms with van der Waals surface area (Å²) in [6, 6.07) is 7.62. The van der Waals surface area contributed by atoms with E-state index in [4.69, 9.17) is 5.73 Å². The maximum atomic E-state index is 13.7. The van der Waals surface area contributed by atoms with Gasteiger partial charge in [0.15, 0.2) is 0 Å². The van der Waals surface area contributed by atoms with Crippen molar-refractivity contribution in [3.8, 4) is 0 Å². The normalized spacial score (nSPS) is 10.4. The van der Waals surface area contributed by atoms with E-state index in [0.717, 1.165) is 4.47 Å². The van der Waals surface area contributed by atoms with Gasteiger partial charge in [-0.05, 0) is 46.3 Å². The van der Waals surface area contributed by atoms with Gasteiger partial charge in [-0.15, -0.1) is 0 Å². The molecular formula is C13H8Br3FN2O. The molecule has 20 heavy (non-hydrogen) atoms. The molecule has 0 saturated carbocycles. The number of nitrogens with one attached hydrogen (secondary N) is 1. The van der Waals surface area contributed by atoms with E-state index in [2.05, 4.69) is 53.1 Å². The van der Waals surface area contributed by atoms with E-state index in [1.807, 2.05) is 0 Å². The molecule has 0 aliphatic heterocycles. The van der Waals surface area contributed by atoms with Crippen LogP contribution in [0.25, 0.3) is 0 Å². The zero-order valence-electron chi connectivity index (χ0n) is 9.88. The Morgan fingerprint density at radius 1 is 1.10 bits per heavy atom. The third-order valence-corrected chi connectivity index (χ3v) is 4.08. The molecule has 0 radical (unpaired) electrons. The molecule has 0 aliphatic carbocycles. The van der Waals surface area contributed by atoms with Crippen LogP contribution in [0.3, 0.4) is 0 Å². The van der Waals surface area contributed by atoms with E-state index in [-0.39, 0.29) is 5.56 Å². The van der Waals surface area contributed by atoms with Gasteiger partial charge in [-0.3, -0.25) is 4.79 Å². The van der Waals surface area contributed by atoms with Crippen LogP contribution in [0.4, 0.5) is 15.8 Å². The monoisotopic (exact) mass is 464 g/mol. The highest BCUT2D eigenvalue weighted by atomic mass is 79.9. The third-order valence-electron chi connectivity index (χ3n) is 2.50. The Labute approximate surface area is 140 Å². The summed E-state index contributed by atoms with van der Waals surface area (Å²) < 4.78 is 15.7. The summed E-state index contributed by atoms with van der Waals surface area (Å²) in [4.78, 5) is 12.1. The van der Waals surface area contributed by atoms with Gasteiger partial charge in [0.05, 0.1) is 16.9 Å². The van der Waals surface area contributed by atoms with Crippen molar-refractivity contribution in [1.29, 1.82) is 0 Å². The predicted octanol–water partition coefficient (Wildman–Crippen LogP) is 4.95. The molecule has 3 nitrogen and oxygen atoms in total. The van der Waals surface area contributed by atoms with Crippen molar-refractivity contribution in [2.24, 2.45) is 0 Å². The van der Waals surface area contributed by atoms with Crippen LogP contribution in [-0.4, -0.2) is 5.91 Å². The van der Waals surface area contributed by atoms with Crippen molar-refractivity contribution >= 4 is 65.1 Å². The fourth-order valence-corrected chi connectivity index (χ4v) is 3.27. The van der Waals surface area contributed by atoms with Crippen LogP contribution in [0.1, 0.15) is 10.4 Å². The van der Waals surface area contributed by atoms with Crippen LogP contribution in [0.5, 0.6) is 0 Å². The average Bonchev–Trinajstić information content (AvgIpc) is 2.33. The number of hydrogen-bond donors (Lipinski definition) is 2. The summed E-state index contributed by atoms with van der Waals surface area (Å²) in [6.07, 6.45) is 0. The molecule has 0 unspecified atom stereocenters. The van der Waals surface area contributed by atoms with Crippen LogP contribution in [0, 0.1) is 5.82 Å². The van der Waals surface area contributed by atoms with E-state index >= 15 is 0 Å². The van der Waals surface area contributed by atoms with Crippen LogP contribution in [0.15, 0.2) is 43.7 Å². The summed E-state index contributed by atoms with van der Waals surface area (Å²) >= 11 is 9.73. The number of carbonyl (C=O) groups is 1. The van der Waals surface area contributed by atoms with Gasteiger partial charge in [-0.2, -0.15) is 0 Å². The Bertz CT molecular complexity index is 668. The molecule has 0 aliphatic rings. The van der Waals surface area contributed by atoms with Gasteiger partial charge in [0.25, 0.3) is 5.91 Å². The summed E-state index contributed by atoms with van der Waals surface area (Å²) in [7, 11) is 0. The maximum Gasteiger partial charge on any atom is 0.258 e. The van der Waals surface area contributed by atoms with Crippen molar-refractivity contribution in [2.45, 2.75) is 0 Å². The first-order chi connectivity index (χ1) is 9.38. The highest BCUT2D eigenvalue weighted by Crippen LogP contribution is 2.33. The SMILES string of the molecule is Nc1cc(Br)cc(Br)c1NC(=O)c1ccc(Br)cc1F. The number of hydrogen-bond acceptors (Lipinski definition) is 2. The predicted molar refractivity (Wildman–Crippen MR) is 88.3 cm³/mol. The van der Waals surface area contributed by atoms with Crippen LogP contribution in [-0.2, 0) is 0 Å². The lowest BCUT2D eigenvalue weighted by Crippen LogP contribution is -2.15. The first-order valence-corrected chi connectivity index (χ1v) is 7.77. The number of anilines is 2. The number of benzene rings is 2. The quantitative estimate of drug-likeness (QED) is 0.615. The van der Waals surface area contributed by atoms with Crippen molar-refractivity contribution in [3.05, 3.63) is 55.1 Å². The minimum atomic E-state index is -0.608. The van der Waals surface area contributed by atoms with Gasteiger partial charge in [-0.1, -0.05) is 31.9 Å². The molecule has 0 spiro atoms. The Kier molecular flexibility index (Phi) is 4.82. The van der Waals surface area contributed by atoms with E-state index in [9.17, 15) is 9.18 Å². The van der Waals surface area contributed by atoms with E-state index < -0.39 is 11.7 Å². The Hall–Kier alpha value is -0.920. The molecule has 0 fully saturated rings. The first kappa shape index (κ1) is 15.5. The Balaban J connectivity index is 2.33. The summed E-state index contributed by atoms with van der Waals surface area (Å²) in [5, 5.41) is 2.60. The van der Waals surface area contributed by atoms with Crippen molar-refractivity contribution in [1.82, 2.24) is 0 Å². The fourth-order valence-electron chi connectivity index (χ4n) is 1.58. The lowest BCUT2D eigenvalue weighted by molar-refractivity contribution is 0.102. The van der Waals surface area contributed by atoms with Gasteiger partial charge in [-0.25, -0.2) is 4.39 Å². The second-order valence-corrected chi connectivity index (χ2v) is 6.62. The molecule has 0 atom stereocenters. The molecule has 0 aromatic heterocycles. The number of nitrogens with two attached hydrogens (primary N) is 1. The summed E-state index contributed by atoms with van der Waals surface area (Å²) in [5.41, 5.74) is 6.56. The fraction of sp³-hybridized carbons (Fsp3) is 0. The number of amides is 1. The minimum absolute atomic E-state index is 0.0533. The number of rotatable bonds is 2. The average molecular weight is 467 g/mol. The lowest BCUT2D eigenvalue weighted by Gasteiger charge is -2.11. The molecule has 2 rings (SSSR count). The smallest absolute Gasteiger partial charge is 0.258 e. The highest BCUT2D eigenvalue weighted by molar-refractivity contribution is 9.11. The summed E-state index contributed by atoms with van der Waals surface area (Å²) in [6.45, 7) is 0. The van der Waals surface area contributed by atoms with Crippen molar-refractivity contribution in [2.75, 3.05) is 11.1 Å². The van der Waals surface area contributed by atoms with Crippen LogP contribution in [0.2, 0.25) is 0 Å². The molecule has 2 aromatic carbocycles. The number of halogens is 4. The lowest BCUT2D eigenvalue weighted by atomic mass is 10.2. The molecule has 0 saturated heterocycles. The Morgan fingerprint density at radius 3 is 2.40 bits per heavy atom. The van der Waals surface area contributed by atoms with Gasteiger partial charge >= 0.3 is 0 Å². The number of carbonyl (C=O) groups excluding carboxylic acids is 1. The maximum absolute atomic E-state index is 13.7. The van der Waals surface area contributed by atoms with Gasteiger partial charge in [0, 0.05) is 13.4 Å². The summed E-state index contributed by atoms with van der Waals surface area (Å²) in [5.74, 6) is -1.17. The zero-order valence-corrected chi connectivity index (χ0v) is 14.6. The molecule has 0 heterocycles.